The lowest BCUT2D eigenvalue weighted by atomic mass is 10.0. The van der Waals surface area contributed by atoms with Crippen LogP contribution in [-0.4, -0.2) is 21.4 Å². The maximum atomic E-state index is 14.7. The molecule has 0 N–H and O–H groups in total. The van der Waals surface area contributed by atoms with Crippen LogP contribution in [0.2, 0.25) is 5.02 Å². The van der Waals surface area contributed by atoms with Crippen LogP contribution in [0.1, 0.15) is 49.3 Å². The summed E-state index contributed by atoms with van der Waals surface area (Å²) in [4.78, 5) is 4.75. The highest BCUT2D eigenvalue weighted by Crippen LogP contribution is 2.42. The van der Waals surface area contributed by atoms with E-state index in [1.165, 1.54) is 4.68 Å². The van der Waals surface area contributed by atoms with Gasteiger partial charge in [0.15, 0.2) is 5.65 Å². The number of hydrogen-bond acceptors (Lipinski definition) is 3. The highest BCUT2D eigenvalue weighted by molar-refractivity contribution is 6.31. The summed E-state index contributed by atoms with van der Waals surface area (Å²) in [6.45, 7) is 6.54. The topological polar surface area (TPSA) is 39.9 Å². The molecule has 0 bridgehead atoms. The number of rotatable bonds is 9. The maximum absolute atomic E-state index is 14.7. The molecule has 0 fully saturated rings. The third-order valence-corrected chi connectivity index (χ3v) is 7.49. The summed E-state index contributed by atoms with van der Waals surface area (Å²) in [6.07, 6.45) is -0.276. The van der Waals surface area contributed by atoms with Crippen molar-refractivity contribution in [1.29, 1.82) is 0 Å². The fraction of sp³-hybridized carbons (Fsp3) is 0.273. The predicted octanol–water partition coefficient (Wildman–Crippen LogP) is 10.0. The first-order chi connectivity index (χ1) is 19.7. The number of halogens is 4. The van der Waals surface area contributed by atoms with E-state index in [1.807, 2.05) is 32.0 Å². The zero-order chi connectivity index (χ0) is 29.1. The third-order valence-electron chi connectivity index (χ3n) is 7.08. The van der Waals surface area contributed by atoms with Crippen LogP contribution in [0.4, 0.5) is 13.2 Å². The Morgan fingerprint density at radius 2 is 1.56 bits per heavy atom. The number of aromatic nitrogens is 3. The van der Waals surface area contributed by atoms with Crippen molar-refractivity contribution in [3.63, 3.8) is 0 Å². The van der Waals surface area contributed by atoms with Crippen LogP contribution < -0.4 is 4.74 Å². The van der Waals surface area contributed by atoms with Gasteiger partial charge in [0.25, 0.3) is 0 Å². The minimum Gasteiger partial charge on any atom is -0.494 e. The molecule has 0 amide bonds. The molecule has 2 aromatic heterocycles. The minimum atomic E-state index is -4.64. The molecule has 0 atom stereocenters. The molecule has 212 valence electrons. The van der Waals surface area contributed by atoms with Gasteiger partial charge in [-0.05, 0) is 68.3 Å². The van der Waals surface area contributed by atoms with Gasteiger partial charge in [-0.3, -0.25) is 0 Å². The number of benzene rings is 3. The molecule has 0 aliphatic carbocycles. The van der Waals surface area contributed by atoms with Crippen LogP contribution in [0, 0.1) is 13.8 Å². The molecule has 0 saturated carbocycles. The second-order valence-corrected chi connectivity index (χ2v) is 10.7. The average molecular weight is 578 g/mol. The zero-order valence-corrected chi connectivity index (χ0v) is 24.0. The second-order valence-electron chi connectivity index (χ2n) is 10.2. The van der Waals surface area contributed by atoms with E-state index in [9.17, 15) is 13.2 Å². The molecule has 4 nitrogen and oxygen atoms in total. The van der Waals surface area contributed by atoms with Crippen LogP contribution in [0.15, 0.2) is 72.8 Å². The molecule has 0 aliphatic rings. The molecule has 0 saturated heterocycles. The number of ether oxygens (including phenoxy) is 1. The smallest absolute Gasteiger partial charge is 0.417 e. The summed E-state index contributed by atoms with van der Waals surface area (Å²) in [6, 6.07) is 20.7. The Morgan fingerprint density at radius 3 is 2.22 bits per heavy atom. The predicted molar refractivity (Wildman–Crippen MR) is 159 cm³/mol. The van der Waals surface area contributed by atoms with E-state index in [4.69, 9.17) is 21.3 Å². The van der Waals surface area contributed by atoms with Crippen LogP contribution in [0.3, 0.4) is 0 Å². The summed E-state index contributed by atoms with van der Waals surface area (Å²) in [5.41, 5.74) is 3.17. The lowest BCUT2D eigenvalue weighted by Crippen LogP contribution is -2.08. The van der Waals surface area contributed by atoms with Gasteiger partial charge in [-0.25, -0.2) is 9.67 Å². The largest absolute Gasteiger partial charge is 0.494 e. The molecular formula is C33H31ClF3N3O. The van der Waals surface area contributed by atoms with Crippen molar-refractivity contribution in [2.75, 3.05) is 6.61 Å². The molecule has 8 heteroatoms. The van der Waals surface area contributed by atoms with Crippen molar-refractivity contribution >= 4 is 22.6 Å². The van der Waals surface area contributed by atoms with E-state index in [1.54, 1.807) is 48.5 Å². The summed E-state index contributed by atoms with van der Waals surface area (Å²) in [5, 5.41) is 5.11. The molecule has 2 heterocycles. The van der Waals surface area contributed by atoms with Crippen LogP contribution in [0.5, 0.6) is 5.75 Å². The Balaban J connectivity index is 1.66. The van der Waals surface area contributed by atoms with Crippen molar-refractivity contribution in [2.45, 2.75) is 52.6 Å². The van der Waals surface area contributed by atoms with Crippen molar-refractivity contribution in [3.8, 4) is 34.0 Å². The number of hydrogen-bond donors (Lipinski definition) is 0. The number of fused-ring (bicyclic) bond motifs is 1. The number of pyridine rings is 1. The zero-order valence-electron chi connectivity index (χ0n) is 23.2. The van der Waals surface area contributed by atoms with Gasteiger partial charge >= 0.3 is 6.18 Å². The fourth-order valence-corrected chi connectivity index (χ4v) is 4.91. The van der Waals surface area contributed by atoms with Crippen molar-refractivity contribution in [2.24, 2.45) is 0 Å². The quantitative estimate of drug-likeness (QED) is 0.164. The first-order valence-electron chi connectivity index (χ1n) is 13.7. The van der Waals surface area contributed by atoms with Gasteiger partial charge < -0.3 is 4.74 Å². The number of aryl methyl sites for hydroxylation is 2. The Bertz CT molecular complexity index is 1660. The highest BCUT2D eigenvalue weighted by Gasteiger charge is 2.36. The maximum Gasteiger partial charge on any atom is 0.417 e. The summed E-state index contributed by atoms with van der Waals surface area (Å²) >= 11 is 6.41. The molecule has 41 heavy (non-hydrogen) atoms. The number of alkyl halides is 3. The molecule has 5 aromatic rings. The van der Waals surface area contributed by atoms with E-state index >= 15 is 0 Å². The van der Waals surface area contributed by atoms with E-state index in [0.29, 0.717) is 34.2 Å². The minimum absolute atomic E-state index is 0.0613. The molecule has 5 rings (SSSR count). The van der Waals surface area contributed by atoms with E-state index < -0.39 is 11.7 Å². The molecule has 0 aliphatic heterocycles. The van der Waals surface area contributed by atoms with Crippen LogP contribution in [0.25, 0.3) is 39.2 Å². The van der Waals surface area contributed by atoms with E-state index in [0.717, 1.165) is 42.9 Å². The second kappa shape index (κ2) is 12.0. The highest BCUT2D eigenvalue weighted by atomic mass is 35.5. The summed E-state index contributed by atoms with van der Waals surface area (Å²) in [5.74, 6) is 0.670. The number of nitrogens with zero attached hydrogens (tertiary/aromatic N) is 3. The Morgan fingerprint density at radius 1 is 0.854 bits per heavy atom. The molecule has 3 aromatic carbocycles. The SMILES string of the molecule is CCCCCCOc1ccc(-c2cc(C(F)(F)F)c3c(-c4ccc(C)cc4)nn(-c4ccc(C)c(Cl)c4)c3n2)cc1. The normalized spacial score (nSPS) is 11.8. The first kappa shape index (κ1) is 28.7. The van der Waals surface area contributed by atoms with E-state index in [2.05, 4.69) is 12.0 Å². The summed E-state index contributed by atoms with van der Waals surface area (Å²) in [7, 11) is 0. The van der Waals surface area contributed by atoms with Gasteiger partial charge in [0, 0.05) is 16.1 Å². The van der Waals surface area contributed by atoms with Gasteiger partial charge in [-0.2, -0.15) is 18.3 Å². The average Bonchev–Trinajstić information content (AvgIpc) is 3.33. The Labute approximate surface area is 242 Å². The molecular weight excluding hydrogens is 547 g/mol. The van der Waals surface area contributed by atoms with Gasteiger partial charge in [0.1, 0.15) is 11.4 Å². The van der Waals surface area contributed by atoms with Crippen LogP contribution in [-0.2, 0) is 6.18 Å². The Kier molecular flexibility index (Phi) is 8.36. The number of unbranched alkanes of at least 4 members (excludes halogenated alkanes) is 3. The van der Waals surface area contributed by atoms with Gasteiger partial charge in [0.2, 0.25) is 0 Å². The van der Waals surface area contributed by atoms with Crippen LogP contribution >= 0.6 is 11.6 Å². The van der Waals surface area contributed by atoms with Crippen molar-refractivity contribution in [3.05, 3.63) is 94.5 Å². The summed E-state index contributed by atoms with van der Waals surface area (Å²) < 4.78 is 51.3. The van der Waals surface area contributed by atoms with E-state index in [-0.39, 0.29) is 22.4 Å². The van der Waals surface area contributed by atoms with Gasteiger partial charge in [-0.15, -0.1) is 0 Å². The standard InChI is InChI=1S/C33H31ClF3N3O/c1-4-5-6-7-18-41-26-16-13-23(14-17-26)29-20-27(33(35,36)37)30-31(24-11-8-21(2)9-12-24)39-40(32(30)38-29)25-15-10-22(3)28(34)19-25/h8-17,19-20H,4-7,18H2,1-3H3. The Hall–Kier alpha value is -3.84. The lowest BCUT2D eigenvalue weighted by Gasteiger charge is -2.13. The molecule has 0 spiro atoms. The van der Waals surface area contributed by atoms with Gasteiger partial charge in [-0.1, -0.05) is 73.7 Å². The molecule has 0 unspecified atom stereocenters. The third kappa shape index (κ3) is 6.25. The van der Waals surface area contributed by atoms with Gasteiger partial charge in [0.05, 0.1) is 28.9 Å². The monoisotopic (exact) mass is 577 g/mol. The first-order valence-corrected chi connectivity index (χ1v) is 14.1. The van der Waals surface area contributed by atoms with Crippen molar-refractivity contribution in [1.82, 2.24) is 14.8 Å². The molecule has 0 radical (unpaired) electrons. The lowest BCUT2D eigenvalue weighted by molar-refractivity contribution is -0.136. The van der Waals surface area contributed by atoms with Crippen molar-refractivity contribution < 1.29 is 17.9 Å². The fourth-order valence-electron chi connectivity index (χ4n) is 4.73.